The quantitative estimate of drug-likeness (QED) is 0.383. The van der Waals surface area contributed by atoms with Crippen LogP contribution in [0.3, 0.4) is 0 Å². The van der Waals surface area contributed by atoms with Crippen LogP contribution in [-0.2, 0) is 20.8 Å². The van der Waals surface area contributed by atoms with Gasteiger partial charge in [0.15, 0.2) is 0 Å². The third-order valence-electron chi connectivity index (χ3n) is 9.19. The molecule has 4 aliphatic rings. The number of hydrogen-bond donors (Lipinski definition) is 3. The zero-order chi connectivity index (χ0) is 27.9. The first-order valence-corrected chi connectivity index (χ1v) is 16.2. The first-order valence-electron chi connectivity index (χ1n) is 14.4. The number of likely N-dealkylation sites (tertiary alicyclic amines) is 1. The van der Waals surface area contributed by atoms with Crippen molar-refractivity contribution in [2.24, 2.45) is 11.8 Å². The van der Waals surface area contributed by atoms with Crippen LogP contribution in [0.25, 0.3) is 0 Å². The van der Waals surface area contributed by atoms with Gasteiger partial charge in [0.05, 0.1) is 29.2 Å². The molecule has 3 unspecified atom stereocenters. The van der Waals surface area contributed by atoms with E-state index in [4.69, 9.17) is 0 Å². The number of para-hydroxylation sites is 1. The van der Waals surface area contributed by atoms with Gasteiger partial charge in [-0.25, -0.2) is 0 Å². The van der Waals surface area contributed by atoms with Crippen LogP contribution in [0, 0.1) is 11.8 Å². The monoisotopic (exact) mass is 625 g/mol. The topological polar surface area (TPSA) is 98.7 Å². The van der Waals surface area contributed by atoms with Gasteiger partial charge in [-0.05, 0) is 43.4 Å². The number of halogens is 1. The van der Waals surface area contributed by atoms with Gasteiger partial charge in [-0.3, -0.25) is 14.4 Å². The molecule has 1 spiro atoms. The molecule has 3 N–H and O–H groups in total. The molecule has 3 amide bonds. The summed E-state index contributed by atoms with van der Waals surface area (Å²) in [5.41, 5.74) is 1.68. The highest BCUT2D eigenvalue weighted by Gasteiger charge is 2.76. The van der Waals surface area contributed by atoms with Crippen LogP contribution < -0.4 is 10.6 Å². The highest BCUT2D eigenvalue weighted by molar-refractivity contribution is 9.09. The van der Waals surface area contributed by atoms with Gasteiger partial charge in [0, 0.05) is 21.8 Å². The Morgan fingerprint density at radius 3 is 2.38 bits per heavy atom. The van der Waals surface area contributed by atoms with Crippen molar-refractivity contribution in [1.82, 2.24) is 10.2 Å². The molecule has 6 rings (SSSR count). The summed E-state index contributed by atoms with van der Waals surface area (Å²) in [6.45, 7) is -0.261. The third kappa shape index (κ3) is 4.88. The van der Waals surface area contributed by atoms with Gasteiger partial charge in [-0.2, -0.15) is 0 Å². The maximum atomic E-state index is 14.5. The van der Waals surface area contributed by atoms with Crippen LogP contribution in [-0.4, -0.2) is 67.3 Å². The Morgan fingerprint density at radius 2 is 1.70 bits per heavy atom. The summed E-state index contributed by atoms with van der Waals surface area (Å²) < 4.78 is -0.739. The Labute approximate surface area is 248 Å². The van der Waals surface area contributed by atoms with E-state index in [2.05, 4.69) is 26.6 Å². The van der Waals surface area contributed by atoms with Crippen LogP contribution in [0.4, 0.5) is 5.69 Å². The highest BCUT2D eigenvalue weighted by atomic mass is 79.9. The number of aliphatic hydroxyl groups is 1. The fourth-order valence-corrected chi connectivity index (χ4v) is 11.1. The van der Waals surface area contributed by atoms with Gasteiger partial charge < -0.3 is 20.6 Å². The van der Waals surface area contributed by atoms with Crippen LogP contribution in [0.5, 0.6) is 0 Å². The Morgan fingerprint density at radius 1 is 1.02 bits per heavy atom. The zero-order valence-electron chi connectivity index (χ0n) is 22.4. The van der Waals surface area contributed by atoms with Crippen molar-refractivity contribution >= 4 is 51.1 Å². The molecule has 9 heteroatoms. The summed E-state index contributed by atoms with van der Waals surface area (Å²) in [5.74, 6) is -1.74. The third-order valence-corrected chi connectivity index (χ3v) is 12.4. The molecule has 0 aromatic heterocycles. The summed E-state index contributed by atoms with van der Waals surface area (Å²) in [4.78, 5) is 44.2. The highest BCUT2D eigenvalue weighted by Crippen LogP contribution is 2.68. The van der Waals surface area contributed by atoms with E-state index in [0.29, 0.717) is 18.5 Å². The normalized spacial score (nSPS) is 32.1. The first-order chi connectivity index (χ1) is 19.4. The molecule has 4 fully saturated rings. The maximum absolute atomic E-state index is 14.5. The molecule has 1 aliphatic carbocycles. The molecule has 2 aromatic rings. The van der Waals surface area contributed by atoms with E-state index < -0.39 is 28.7 Å². The van der Waals surface area contributed by atoms with Gasteiger partial charge in [0.2, 0.25) is 17.7 Å². The number of alkyl halides is 1. The predicted octanol–water partition coefficient (Wildman–Crippen LogP) is 4.14. The number of aliphatic hydroxyl groups excluding tert-OH is 1. The Bertz CT molecular complexity index is 1240. The molecule has 7 atom stereocenters. The summed E-state index contributed by atoms with van der Waals surface area (Å²) in [7, 11) is 0. The summed E-state index contributed by atoms with van der Waals surface area (Å²) in [6, 6.07) is 17.8. The molecule has 3 heterocycles. The number of hydrogen-bond acceptors (Lipinski definition) is 5. The standard InChI is InChI=1S/C31H36BrN3O4S/c32-23-17-31-25(24(26(23)40-31)28(37)33-20-12-6-2-7-13-20)30(39)35(22(18-36)16-19-10-4-1-5-11-19)27(31)29(38)34-21-14-8-3-9-15-21/h1-2,4-7,10-13,21-27,36H,3,8-9,14-18H2,(H,33,37)(H,34,38)/t22-,23?,24+,25+,26+,27?,31?/m1/s1. The zero-order valence-corrected chi connectivity index (χ0v) is 24.8. The van der Waals surface area contributed by atoms with E-state index in [-0.39, 0.29) is 40.4 Å². The number of amides is 3. The fraction of sp³-hybridized carbons (Fsp3) is 0.516. The minimum absolute atomic E-state index is 0.000274. The average molecular weight is 627 g/mol. The molecule has 3 saturated heterocycles. The SMILES string of the molecule is O=C(NC1CCCCC1)C1N([C@@H](CO)Cc2ccccc2)C(=O)[C@@H]2[C@H](C(=O)Nc3ccccc3)[C@H]3SC12CC3Br. The van der Waals surface area contributed by atoms with Crippen LogP contribution in [0.2, 0.25) is 0 Å². The number of benzene rings is 2. The van der Waals surface area contributed by atoms with Crippen LogP contribution in [0.15, 0.2) is 60.7 Å². The number of anilines is 1. The molecular formula is C31H36BrN3O4S. The number of nitrogens with zero attached hydrogens (tertiary/aromatic N) is 1. The molecule has 7 nitrogen and oxygen atoms in total. The molecule has 2 aromatic carbocycles. The second kappa shape index (κ2) is 11.5. The second-order valence-corrected chi connectivity index (χ2v) is 14.4. The Kier molecular flexibility index (Phi) is 7.98. The molecule has 1 saturated carbocycles. The molecule has 212 valence electrons. The van der Waals surface area contributed by atoms with Crippen molar-refractivity contribution in [2.45, 2.75) is 77.9 Å². The number of rotatable bonds is 8. The number of thioether (sulfide) groups is 1. The maximum Gasteiger partial charge on any atom is 0.244 e. The Balaban J connectivity index is 1.36. The molecule has 2 bridgehead atoms. The van der Waals surface area contributed by atoms with Crippen molar-refractivity contribution in [3.05, 3.63) is 66.2 Å². The average Bonchev–Trinajstić information content (AvgIpc) is 3.56. The van der Waals surface area contributed by atoms with Crippen molar-refractivity contribution in [2.75, 3.05) is 11.9 Å². The lowest BCUT2D eigenvalue weighted by Crippen LogP contribution is -2.58. The van der Waals surface area contributed by atoms with Gasteiger partial charge in [-0.15, -0.1) is 11.8 Å². The number of nitrogens with one attached hydrogen (secondary N) is 2. The molecule has 40 heavy (non-hydrogen) atoms. The van der Waals surface area contributed by atoms with E-state index in [9.17, 15) is 19.5 Å². The largest absolute Gasteiger partial charge is 0.394 e. The van der Waals surface area contributed by atoms with Gasteiger partial charge >= 0.3 is 0 Å². The van der Waals surface area contributed by atoms with Gasteiger partial charge in [0.1, 0.15) is 6.04 Å². The lowest BCUT2D eigenvalue weighted by Gasteiger charge is -2.38. The van der Waals surface area contributed by atoms with Crippen molar-refractivity contribution in [1.29, 1.82) is 0 Å². The molecule has 0 radical (unpaired) electrons. The van der Waals surface area contributed by atoms with Gasteiger partial charge in [-0.1, -0.05) is 83.7 Å². The fourth-order valence-electron chi connectivity index (χ4n) is 7.47. The summed E-state index contributed by atoms with van der Waals surface area (Å²) in [6.07, 6.45) is 6.28. The molecular weight excluding hydrogens is 590 g/mol. The lowest BCUT2D eigenvalue weighted by molar-refractivity contribution is -0.142. The number of carbonyl (C=O) groups is 3. The number of carbonyl (C=O) groups excluding carboxylic acids is 3. The predicted molar refractivity (Wildman–Crippen MR) is 160 cm³/mol. The van der Waals surface area contributed by atoms with Crippen LogP contribution in [0.1, 0.15) is 44.1 Å². The smallest absolute Gasteiger partial charge is 0.244 e. The van der Waals surface area contributed by atoms with Gasteiger partial charge in [0.25, 0.3) is 0 Å². The van der Waals surface area contributed by atoms with E-state index in [1.54, 1.807) is 16.7 Å². The van der Waals surface area contributed by atoms with E-state index in [0.717, 1.165) is 31.2 Å². The van der Waals surface area contributed by atoms with Crippen molar-refractivity contribution < 1.29 is 19.5 Å². The lowest BCUT2D eigenvalue weighted by atomic mass is 9.70. The Hall–Kier alpha value is -2.36. The summed E-state index contributed by atoms with van der Waals surface area (Å²) >= 11 is 5.46. The van der Waals surface area contributed by atoms with Crippen molar-refractivity contribution in [3.63, 3.8) is 0 Å². The second-order valence-electron chi connectivity index (χ2n) is 11.6. The minimum Gasteiger partial charge on any atom is -0.394 e. The van der Waals surface area contributed by atoms with E-state index >= 15 is 0 Å². The molecule has 3 aliphatic heterocycles. The van der Waals surface area contributed by atoms with Crippen molar-refractivity contribution in [3.8, 4) is 0 Å². The van der Waals surface area contributed by atoms with E-state index in [1.165, 1.54) is 6.42 Å². The summed E-state index contributed by atoms with van der Waals surface area (Å²) in [5, 5.41) is 16.8. The number of fused-ring (bicyclic) bond motifs is 1. The minimum atomic E-state index is -0.752. The van der Waals surface area contributed by atoms with E-state index in [1.807, 2.05) is 60.7 Å². The van der Waals surface area contributed by atoms with Crippen LogP contribution >= 0.6 is 27.7 Å². The first kappa shape index (κ1) is 27.8.